The summed E-state index contributed by atoms with van der Waals surface area (Å²) in [6.07, 6.45) is 5.28. The van der Waals surface area contributed by atoms with Crippen molar-refractivity contribution in [3.05, 3.63) is 0 Å². The van der Waals surface area contributed by atoms with Crippen molar-refractivity contribution in [2.75, 3.05) is 14.1 Å². The van der Waals surface area contributed by atoms with Crippen LogP contribution in [0.2, 0.25) is 0 Å². The molecule has 1 aliphatic carbocycles. The van der Waals surface area contributed by atoms with Gasteiger partial charge in [0, 0.05) is 12.0 Å². The Balaban J connectivity index is 2.35. The van der Waals surface area contributed by atoms with E-state index in [1.807, 2.05) is 0 Å². The van der Waals surface area contributed by atoms with Gasteiger partial charge in [-0.05, 0) is 33.4 Å². The summed E-state index contributed by atoms with van der Waals surface area (Å²) >= 11 is 0. The zero-order valence-electron chi connectivity index (χ0n) is 6.63. The summed E-state index contributed by atoms with van der Waals surface area (Å²) in [6, 6.07) is 0.617. The van der Waals surface area contributed by atoms with E-state index in [1.54, 1.807) is 0 Å². The molecule has 2 nitrogen and oxygen atoms in total. The van der Waals surface area contributed by atoms with Gasteiger partial charge in [0.1, 0.15) is 0 Å². The maximum Gasteiger partial charge on any atom is 0.201 e. The lowest BCUT2D eigenvalue weighted by Gasteiger charge is -2.17. The third kappa shape index (κ3) is 1.57. The lowest BCUT2D eigenvalue weighted by molar-refractivity contribution is 0.296. The van der Waals surface area contributed by atoms with Crippen LogP contribution < -0.4 is 0 Å². The number of nitrogens with zero attached hydrogens (tertiary/aromatic N) is 1. The SMILES string of the molecule is CN(C)C1CCC([C]=O)C1. The number of hydrogen-bond acceptors (Lipinski definition) is 2. The van der Waals surface area contributed by atoms with E-state index < -0.39 is 0 Å². The Morgan fingerprint density at radius 1 is 1.40 bits per heavy atom. The van der Waals surface area contributed by atoms with Crippen LogP contribution in [0.25, 0.3) is 0 Å². The highest BCUT2D eigenvalue weighted by Crippen LogP contribution is 2.26. The third-order valence-electron chi connectivity index (χ3n) is 2.30. The van der Waals surface area contributed by atoms with Crippen molar-refractivity contribution in [2.24, 2.45) is 5.92 Å². The monoisotopic (exact) mass is 140 g/mol. The first kappa shape index (κ1) is 7.73. The molecule has 2 heteroatoms. The van der Waals surface area contributed by atoms with E-state index in [9.17, 15) is 4.79 Å². The van der Waals surface area contributed by atoms with E-state index in [-0.39, 0.29) is 5.92 Å². The van der Waals surface area contributed by atoms with Gasteiger partial charge in [-0.3, -0.25) is 4.79 Å². The molecule has 0 saturated heterocycles. The average Bonchev–Trinajstić information content (AvgIpc) is 2.34. The summed E-state index contributed by atoms with van der Waals surface area (Å²) in [5.41, 5.74) is 0. The van der Waals surface area contributed by atoms with E-state index in [0.29, 0.717) is 6.04 Å². The van der Waals surface area contributed by atoms with E-state index in [0.717, 1.165) is 19.3 Å². The van der Waals surface area contributed by atoms with Gasteiger partial charge in [-0.25, -0.2) is 0 Å². The highest BCUT2D eigenvalue weighted by molar-refractivity contribution is 5.55. The second-order valence-electron chi connectivity index (χ2n) is 3.25. The Bertz CT molecular complexity index is 122. The summed E-state index contributed by atoms with van der Waals surface area (Å²) in [7, 11) is 4.13. The molecule has 1 fully saturated rings. The fourth-order valence-electron chi connectivity index (χ4n) is 1.53. The van der Waals surface area contributed by atoms with Crippen molar-refractivity contribution in [3.8, 4) is 0 Å². The van der Waals surface area contributed by atoms with Crippen molar-refractivity contribution in [2.45, 2.75) is 25.3 Å². The molecule has 0 heterocycles. The van der Waals surface area contributed by atoms with Gasteiger partial charge in [-0.2, -0.15) is 0 Å². The molecule has 0 aromatic heterocycles. The van der Waals surface area contributed by atoms with E-state index in [2.05, 4.69) is 25.3 Å². The van der Waals surface area contributed by atoms with E-state index >= 15 is 0 Å². The van der Waals surface area contributed by atoms with Gasteiger partial charge in [-0.15, -0.1) is 0 Å². The molecule has 2 atom stereocenters. The molecule has 0 spiro atoms. The minimum absolute atomic E-state index is 0.215. The van der Waals surface area contributed by atoms with Crippen LogP contribution in [0.5, 0.6) is 0 Å². The Labute approximate surface area is 62.2 Å². The van der Waals surface area contributed by atoms with Crippen molar-refractivity contribution in [3.63, 3.8) is 0 Å². The van der Waals surface area contributed by atoms with Crippen LogP contribution in [0, 0.1) is 5.92 Å². The average molecular weight is 140 g/mol. The minimum Gasteiger partial charge on any atom is -0.306 e. The molecule has 1 saturated carbocycles. The van der Waals surface area contributed by atoms with Crippen LogP contribution in [0.1, 0.15) is 19.3 Å². The molecule has 0 N–H and O–H groups in total. The van der Waals surface area contributed by atoms with Crippen molar-refractivity contribution in [1.29, 1.82) is 0 Å². The molecule has 0 bridgehead atoms. The predicted molar refractivity (Wildman–Crippen MR) is 40.5 cm³/mol. The van der Waals surface area contributed by atoms with Gasteiger partial charge in [0.15, 0.2) is 0 Å². The second-order valence-corrected chi connectivity index (χ2v) is 3.25. The molecular formula is C8H14NO. The lowest BCUT2D eigenvalue weighted by atomic mass is 10.1. The van der Waals surface area contributed by atoms with Gasteiger partial charge in [0.25, 0.3) is 0 Å². The lowest BCUT2D eigenvalue weighted by Crippen LogP contribution is -2.24. The van der Waals surface area contributed by atoms with Crippen LogP contribution >= 0.6 is 0 Å². The highest BCUT2D eigenvalue weighted by atomic mass is 16.1. The molecule has 1 aliphatic rings. The molecule has 2 unspecified atom stereocenters. The smallest absolute Gasteiger partial charge is 0.201 e. The molecule has 1 rings (SSSR count). The summed E-state index contributed by atoms with van der Waals surface area (Å²) in [5.74, 6) is 0.215. The first-order chi connectivity index (χ1) is 4.74. The van der Waals surface area contributed by atoms with Crippen LogP contribution in [0.4, 0.5) is 0 Å². The summed E-state index contributed by atoms with van der Waals surface area (Å²) in [5, 5.41) is 0. The van der Waals surface area contributed by atoms with Crippen molar-refractivity contribution >= 4 is 6.29 Å². The number of rotatable bonds is 2. The predicted octanol–water partition coefficient (Wildman–Crippen LogP) is 0.826. The van der Waals surface area contributed by atoms with Crippen LogP contribution in [-0.4, -0.2) is 31.3 Å². The van der Waals surface area contributed by atoms with Gasteiger partial charge in [0.2, 0.25) is 6.29 Å². The Morgan fingerprint density at radius 2 is 2.10 bits per heavy atom. The van der Waals surface area contributed by atoms with E-state index in [4.69, 9.17) is 0 Å². The fourth-order valence-corrected chi connectivity index (χ4v) is 1.53. The largest absolute Gasteiger partial charge is 0.306 e. The van der Waals surface area contributed by atoms with Crippen molar-refractivity contribution < 1.29 is 4.79 Å². The zero-order valence-corrected chi connectivity index (χ0v) is 6.63. The molecule has 0 aromatic carbocycles. The summed E-state index contributed by atoms with van der Waals surface area (Å²) < 4.78 is 0. The minimum atomic E-state index is 0.215. The summed E-state index contributed by atoms with van der Waals surface area (Å²) in [6.45, 7) is 0. The number of hydrogen-bond donors (Lipinski definition) is 0. The van der Waals surface area contributed by atoms with Crippen molar-refractivity contribution in [1.82, 2.24) is 4.90 Å². The van der Waals surface area contributed by atoms with Gasteiger partial charge in [0.05, 0.1) is 0 Å². The molecule has 0 amide bonds. The standard InChI is InChI=1S/C8H14NO/c1-9(2)8-4-3-7(5-8)6-10/h7-8H,3-5H2,1-2H3. The van der Waals surface area contributed by atoms with Crippen LogP contribution in [-0.2, 0) is 4.79 Å². The fraction of sp³-hybridized carbons (Fsp3) is 0.875. The van der Waals surface area contributed by atoms with Gasteiger partial charge in [-0.1, -0.05) is 0 Å². The van der Waals surface area contributed by atoms with Crippen LogP contribution in [0.15, 0.2) is 0 Å². The Kier molecular flexibility index (Phi) is 2.44. The molecular weight excluding hydrogens is 126 g/mol. The quantitative estimate of drug-likeness (QED) is 0.566. The topological polar surface area (TPSA) is 20.3 Å². The number of carbonyl (C=O) groups excluding carboxylic acids is 1. The first-order valence-corrected chi connectivity index (χ1v) is 3.78. The van der Waals surface area contributed by atoms with Gasteiger partial charge >= 0.3 is 0 Å². The summed E-state index contributed by atoms with van der Waals surface area (Å²) in [4.78, 5) is 12.4. The van der Waals surface area contributed by atoms with E-state index in [1.165, 1.54) is 0 Å². The molecule has 10 heavy (non-hydrogen) atoms. The molecule has 0 aliphatic heterocycles. The normalized spacial score (nSPS) is 33.1. The third-order valence-corrected chi connectivity index (χ3v) is 2.30. The van der Waals surface area contributed by atoms with Gasteiger partial charge < -0.3 is 4.90 Å². The Morgan fingerprint density at radius 3 is 2.40 bits per heavy atom. The van der Waals surface area contributed by atoms with Crippen LogP contribution in [0.3, 0.4) is 0 Å². The maximum atomic E-state index is 10.2. The molecule has 0 aromatic rings. The first-order valence-electron chi connectivity index (χ1n) is 3.78. The zero-order chi connectivity index (χ0) is 7.56. The molecule has 57 valence electrons. The maximum absolute atomic E-state index is 10.2. The highest BCUT2D eigenvalue weighted by Gasteiger charge is 2.25. The Hall–Kier alpha value is -0.370. The second kappa shape index (κ2) is 3.15. The molecule has 1 radical (unpaired) electrons.